The van der Waals surface area contributed by atoms with Crippen molar-refractivity contribution in [3.05, 3.63) is 52.6 Å². The van der Waals surface area contributed by atoms with Gasteiger partial charge in [0.1, 0.15) is 11.5 Å². The van der Waals surface area contributed by atoms with E-state index in [1.54, 1.807) is 31.4 Å². The van der Waals surface area contributed by atoms with Gasteiger partial charge in [-0.1, -0.05) is 31.9 Å². The van der Waals surface area contributed by atoms with E-state index >= 15 is 0 Å². The molecule has 0 unspecified atom stereocenters. The molecule has 7 nitrogen and oxygen atoms in total. The molecule has 1 aliphatic carbocycles. The number of ether oxygens (including phenoxy) is 2. The smallest absolute Gasteiger partial charge is 0.270 e. The zero-order valence-electron chi connectivity index (χ0n) is 16.7. The number of nitrogens with zero attached hydrogens (tertiary/aromatic N) is 1. The number of benzene rings is 2. The highest BCUT2D eigenvalue weighted by Gasteiger charge is 2.23. The molecular formula is C22H26N2O5. The highest BCUT2D eigenvalue weighted by molar-refractivity contribution is 5.79. The lowest BCUT2D eigenvalue weighted by Gasteiger charge is -2.29. The minimum Gasteiger partial charge on any atom is -0.497 e. The summed E-state index contributed by atoms with van der Waals surface area (Å²) in [7, 11) is 1.57. The highest BCUT2D eigenvalue weighted by Crippen LogP contribution is 2.34. The number of nitrogens with one attached hydrogen (secondary N) is 1. The first-order valence-corrected chi connectivity index (χ1v) is 9.83. The number of rotatable bonds is 7. The molecule has 2 aromatic carbocycles. The molecule has 0 spiro atoms. The van der Waals surface area contributed by atoms with Gasteiger partial charge >= 0.3 is 0 Å². The summed E-state index contributed by atoms with van der Waals surface area (Å²) < 4.78 is 10.9. The number of amides is 1. The molecule has 2 aromatic rings. The van der Waals surface area contributed by atoms with Crippen LogP contribution in [0.1, 0.15) is 32.6 Å². The molecule has 0 aromatic heterocycles. The van der Waals surface area contributed by atoms with Crippen LogP contribution in [0.2, 0.25) is 0 Å². The second kappa shape index (κ2) is 9.41. The normalized spacial score (nSPS) is 18.7. The number of methoxy groups -OCH3 is 1. The van der Waals surface area contributed by atoms with E-state index in [4.69, 9.17) is 9.47 Å². The summed E-state index contributed by atoms with van der Waals surface area (Å²) >= 11 is 0. The molecule has 0 saturated heterocycles. The second-order valence-electron chi connectivity index (χ2n) is 7.39. The SMILES string of the molecule is COc1ccc(-c2cc([N+](=O)[O-])ccc2OCC(=O)N[C@H]2CCCC[C@H]2C)cc1. The van der Waals surface area contributed by atoms with Gasteiger partial charge in [-0.05, 0) is 42.5 Å². The Kier molecular flexibility index (Phi) is 6.69. The summed E-state index contributed by atoms with van der Waals surface area (Å²) in [5.41, 5.74) is 1.26. The molecule has 3 rings (SSSR count). The van der Waals surface area contributed by atoms with E-state index in [1.165, 1.54) is 24.6 Å². The molecule has 29 heavy (non-hydrogen) atoms. The predicted molar refractivity (Wildman–Crippen MR) is 110 cm³/mol. The third kappa shape index (κ3) is 5.25. The van der Waals surface area contributed by atoms with Gasteiger partial charge in [-0.15, -0.1) is 0 Å². The average Bonchev–Trinajstić information content (AvgIpc) is 2.74. The van der Waals surface area contributed by atoms with Gasteiger partial charge in [0.15, 0.2) is 6.61 Å². The van der Waals surface area contributed by atoms with Crippen LogP contribution in [0.3, 0.4) is 0 Å². The van der Waals surface area contributed by atoms with Gasteiger partial charge in [0.05, 0.1) is 12.0 Å². The third-order valence-corrected chi connectivity index (χ3v) is 5.39. The number of nitro benzene ring substituents is 1. The maximum atomic E-state index is 12.4. The van der Waals surface area contributed by atoms with Crippen LogP contribution >= 0.6 is 0 Å². The number of carbonyl (C=O) groups is 1. The summed E-state index contributed by atoms with van der Waals surface area (Å²) in [5, 5.41) is 14.2. The van der Waals surface area contributed by atoms with Crippen LogP contribution in [-0.2, 0) is 4.79 Å². The fourth-order valence-electron chi connectivity index (χ4n) is 3.68. The molecule has 0 bridgehead atoms. The molecule has 0 heterocycles. The number of carbonyl (C=O) groups excluding carboxylic acids is 1. The maximum Gasteiger partial charge on any atom is 0.270 e. The van der Waals surface area contributed by atoms with Crippen LogP contribution in [0, 0.1) is 16.0 Å². The van der Waals surface area contributed by atoms with Crippen LogP contribution in [0.15, 0.2) is 42.5 Å². The lowest BCUT2D eigenvalue weighted by Crippen LogP contribution is -2.43. The van der Waals surface area contributed by atoms with E-state index in [9.17, 15) is 14.9 Å². The lowest BCUT2D eigenvalue weighted by molar-refractivity contribution is -0.384. The molecule has 7 heteroatoms. The monoisotopic (exact) mass is 398 g/mol. The quantitative estimate of drug-likeness (QED) is 0.553. The van der Waals surface area contributed by atoms with Crippen molar-refractivity contribution in [2.75, 3.05) is 13.7 Å². The summed E-state index contributed by atoms with van der Waals surface area (Å²) in [6, 6.07) is 11.7. The van der Waals surface area contributed by atoms with Crippen LogP contribution in [-0.4, -0.2) is 30.6 Å². The van der Waals surface area contributed by atoms with Crippen molar-refractivity contribution in [1.29, 1.82) is 0 Å². The van der Waals surface area contributed by atoms with Gasteiger partial charge in [-0.2, -0.15) is 0 Å². The second-order valence-corrected chi connectivity index (χ2v) is 7.39. The van der Waals surface area contributed by atoms with Gasteiger partial charge in [0, 0.05) is 23.7 Å². The summed E-state index contributed by atoms with van der Waals surface area (Å²) in [4.78, 5) is 23.1. The Morgan fingerprint density at radius 3 is 2.55 bits per heavy atom. The van der Waals surface area contributed by atoms with Crippen molar-refractivity contribution in [1.82, 2.24) is 5.32 Å². The van der Waals surface area contributed by atoms with Crippen LogP contribution in [0.25, 0.3) is 11.1 Å². The fourth-order valence-corrected chi connectivity index (χ4v) is 3.68. The summed E-state index contributed by atoms with van der Waals surface area (Å²) in [6.45, 7) is 2.02. The minimum atomic E-state index is -0.450. The minimum absolute atomic E-state index is 0.0383. The van der Waals surface area contributed by atoms with Crippen LogP contribution in [0.5, 0.6) is 11.5 Å². The highest BCUT2D eigenvalue weighted by atomic mass is 16.6. The van der Waals surface area contributed by atoms with E-state index in [0.29, 0.717) is 23.0 Å². The van der Waals surface area contributed by atoms with Gasteiger partial charge in [-0.25, -0.2) is 0 Å². The van der Waals surface area contributed by atoms with Gasteiger partial charge in [0.25, 0.3) is 11.6 Å². The van der Waals surface area contributed by atoms with Gasteiger partial charge < -0.3 is 14.8 Å². The van der Waals surface area contributed by atoms with Crippen molar-refractivity contribution in [2.24, 2.45) is 5.92 Å². The number of non-ortho nitro benzene ring substituents is 1. The molecule has 1 fully saturated rings. The van der Waals surface area contributed by atoms with Crippen molar-refractivity contribution in [3.8, 4) is 22.6 Å². The topological polar surface area (TPSA) is 90.7 Å². The molecule has 0 aliphatic heterocycles. The predicted octanol–water partition coefficient (Wildman–Crippen LogP) is 4.34. The van der Waals surface area contributed by atoms with Crippen molar-refractivity contribution in [3.63, 3.8) is 0 Å². The van der Waals surface area contributed by atoms with E-state index < -0.39 is 4.92 Å². The average molecular weight is 398 g/mol. The molecule has 1 aliphatic rings. The first-order valence-electron chi connectivity index (χ1n) is 9.83. The molecule has 1 saturated carbocycles. The Morgan fingerprint density at radius 1 is 1.17 bits per heavy atom. The van der Waals surface area contributed by atoms with E-state index in [-0.39, 0.29) is 24.2 Å². The third-order valence-electron chi connectivity index (χ3n) is 5.39. The van der Waals surface area contributed by atoms with Crippen molar-refractivity contribution in [2.45, 2.75) is 38.6 Å². The van der Waals surface area contributed by atoms with Gasteiger partial charge in [-0.3, -0.25) is 14.9 Å². The summed E-state index contributed by atoms with van der Waals surface area (Å²) in [5.74, 6) is 1.39. The largest absolute Gasteiger partial charge is 0.497 e. The Hall–Kier alpha value is -3.09. The zero-order chi connectivity index (χ0) is 20.8. The van der Waals surface area contributed by atoms with E-state index in [2.05, 4.69) is 12.2 Å². The Morgan fingerprint density at radius 2 is 1.90 bits per heavy atom. The van der Waals surface area contributed by atoms with Crippen LogP contribution < -0.4 is 14.8 Å². The lowest BCUT2D eigenvalue weighted by atomic mass is 9.86. The standard InChI is InChI=1S/C22H26N2O5/c1-15-5-3-4-6-20(15)23-22(25)14-29-21-12-9-17(24(26)27)13-19(21)16-7-10-18(28-2)11-8-16/h7-13,15,20H,3-6,14H2,1-2H3,(H,23,25)/t15-,20+/m1/s1. The molecule has 1 N–H and O–H groups in total. The fraction of sp³-hybridized carbons (Fsp3) is 0.409. The zero-order valence-corrected chi connectivity index (χ0v) is 16.7. The molecule has 1 amide bonds. The van der Waals surface area contributed by atoms with E-state index in [0.717, 1.165) is 24.8 Å². The number of hydrogen-bond donors (Lipinski definition) is 1. The first kappa shape index (κ1) is 20.6. The van der Waals surface area contributed by atoms with Crippen molar-refractivity contribution < 1.29 is 19.2 Å². The first-order chi connectivity index (χ1) is 14.0. The Balaban J connectivity index is 1.75. The Bertz CT molecular complexity index is 866. The molecule has 0 radical (unpaired) electrons. The number of hydrogen-bond acceptors (Lipinski definition) is 5. The molecule has 154 valence electrons. The van der Waals surface area contributed by atoms with Crippen molar-refractivity contribution >= 4 is 11.6 Å². The maximum absolute atomic E-state index is 12.4. The molecular weight excluding hydrogens is 372 g/mol. The van der Waals surface area contributed by atoms with Gasteiger partial charge in [0.2, 0.25) is 0 Å². The molecule has 2 atom stereocenters. The van der Waals surface area contributed by atoms with Crippen LogP contribution in [0.4, 0.5) is 5.69 Å². The number of nitro groups is 1. The van der Waals surface area contributed by atoms with E-state index in [1.807, 2.05) is 0 Å². The summed E-state index contributed by atoms with van der Waals surface area (Å²) in [6.07, 6.45) is 4.44. The Labute approximate surface area is 170 Å².